The lowest BCUT2D eigenvalue weighted by molar-refractivity contribution is 0.609. The van der Waals surface area contributed by atoms with Crippen molar-refractivity contribution in [1.29, 1.82) is 0 Å². The molecule has 0 aliphatic heterocycles. The fourth-order valence-electron chi connectivity index (χ4n) is 0.724. The summed E-state index contributed by atoms with van der Waals surface area (Å²) >= 11 is 3.43. The first-order chi connectivity index (χ1) is 4.35. The van der Waals surface area contributed by atoms with Crippen LogP contribution in [0.4, 0.5) is 0 Å². The lowest BCUT2D eigenvalue weighted by Gasteiger charge is -2.05. The van der Waals surface area contributed by atoms with Crippen molar-refractivity contribution < 1.29 is 0 Å². The van der Waals surface area contributed by atoms with Crippen molar-refractivity contribution in [2.24, 2.45) is 5.92 Å². The fraction of sp³-hybridized carbons (Fsp3) is 0.750. The molecule has 9 heavy (non-hydrogen) atoms. The Morgan fingerprint density at radius 3 is 2.67 bits per heavy atom. The Hall–Kier alpha value is 0.220. The first kappa shape index (κ1) is 9.22. The molecule has 0 amide bonds. The van der Waals surface area contributed by atoms with Crippen molar-refractivity contribution in [2.75, 3.05) is 5.33 Å². The lowest BCUT2D eigenvalue weighted by atomic mass is 10.1. The summed E-state index contributed by atoms with van der Waals surface area (Å²) in [6.07, 6.45) is 5.93. The van der Waals surface area contributed by atoms with Gasteiger partial charge < -0.3 is 0 Å². The highest BCUT2D eigenvalue weighted by Crippen LogP contribution is 2.11. The number of hydrogen-bond donors (Lipinski definition) is 0. The molecule has 0 aromatic rings. The zero-order valence-corrected chi connectivity index (χ0v) is 7.65. The molecule has 0 radical (unpaired) electrons. The molecule has 0 spiro atoms. The van der Waals surface area contributed by atoms with Gasteiger partial charge in [0.1, 0.15) is 0 Å². The Morgan fingerprint density at radius 2 is 2.33 bits per heavy atom. The maximum absolute atomic E-state index is 3.75. The third kappa shape index (κ3) is 4.71. The van der Waals surface area contributed by atoms with Crippen LogP contribution >= 0.6 is 15.9 Å². The third-order valence-corrected chi connectivity index (χ3v) is 2.29. The molecule has 54 valence electrons. The van der Waals surface area contributed by atoms with E-state index in [0.717, 1.165) is 5.33 Å². The Balaban J connectivity index is 3.20. The molecule has 0 bridgehead atoms. The van der Waals surface area contributed by atoms with Gasteiger partial charge in [-0.15, -0.1) is 6.58 Å². The van der Waals surface area contributed by atoms with Gasteiger partial charge in [0.2, 0.25) is 0 Å². The van der Waals surface area contributed by atoms with Gasteiger partial charge in [0.05, 0.1) is 0 Å². The molecule has 0 aromatic carbocycles. The minimum absolute atomic E-state index is 0.685. The molecule has 0 aliphatic rings. The van der Waals surface area contributed by atoms with E-state index < -0.39 is 0 Å². The summed E-state index contributed by atoms with van der Waals surface area (Å²) < 4.78 is 0. The van der Waals surface area contributed by atoms with E-state index in [1.165, 1.54) is 19.3 Å². The molecule has 0 N–H and O–H groups in total. The summed E-state index contributed by atoms with van der Waals surface area (Å²) in [5.74, 6) is 0.685. The van der Waals surface area contributed by atoms with Gasteiger partial charge in [-0.1, -0.05) is 41.8 Å². The Labute approximate surface area is 66.5 Å². The quantitative estimate of drug-likeness (QED) is 0.461. The number of alkyl halides is 1. The normalized spacial score (nSPS) is 13.1. The molecule has 0 nitrogen and oxygen atoms in total. The van der Waals surface area contributed by atoms with E-state index in [-0.39, 0.29) is 0 Å². The number of allylic oxidation sites excluding steroid dienone is 1. The second-order valence-electron chi connectivity index (χ2n) is 2.29. The number of rotatable bonds is 5. The van der Waals surface area contributed by atoms with Crippen molar-refractivity contribution >= 4 is 15.9 Å². The SMILES string of the molecule is C=CC(CBr)CCCC. The summed E-state index contributed by atoms with van der Waals surface area (Å²) in [6.45, 7) is 5.97. The Morgan fingerprint density at radius 1 is 1.67 bits per heavy atom. The van der Waals surface area contributed by atoms with Crippen LogP contribution in [-0.2, 0) is 0 Å². The van der Waals surface area contributed by atoms with Gasteiger partial charge >= 0.3 is 0 Å². The second-order valence-corrected chi connectivity index (χ2v) is 2.94. The zero-order valence-electron chi connectivity index (χ0n) is 6.07. The van der Waals surface area contributed by atoms with Gasteiger partial charge in [-0.05, 0) is 12.3 Å². The van der Waals surface area contributed by atoms with Gasteiger partial charge in [-0.2, -0.15) is 0 Å². The lowest BCUT2D eigenvalue weighted by Crippen LogP contribution is -1.95. The van der Waals surface area contributed by atoms with E-state index in [0.29, 0.717) is 5.92 Å². The molecule has 0 fully saturated rings. The van der Waals surface area contributed by atoms with Gasteiger partial charge in [-0.25, -0.2) is 0 Å². The van der Waals surface area contributed by atoms with E-state index >= 15 is 0 Å². The fourth-order valence-corrected chi connectivity index (χ4v) is 1.31. The predicted octanol–water partition coefficient (Wildman–Crippen LogP) is 3.37. The van der Waals surface area contributed by atoms with E-state index in [1.54, 1.807) is 0 Å². The topological polar surface area (TPSA) is 0 Å². The standard InChI is InChI=1S/C8H15Br/c1-3-5-6-8(4-2)7-9/h4,8H,2-3,5-7H2,1H3. The minimum atomic E-state index is 0.685. The van der Waals surface area contributed by atoms with Crippen LogP contribution in [0.15, 0.2) is 12.7 Å². The van der Waals surface area contributed by atoms with E-state index in [9.17, 15) is 0 Å². The highest BCUT2D eigenvalue weighted by atomic mass is 79.9. The maximum Gasteiger partial charge on any atom is 0.00942 e. The molecule has 0 rings (SSSR count). The van der Waals surface area contributed by atoms with Crippen LogP contribution in [0.3, 0.4) is 0 Å². The van der Waals surface area contributed by atoms with E-state index in [2.05, 4.69) is 29.4 Å². The van der Waals surface area contributed by atoms with E-state index in [1.807, 2.05) is 6.08 Å². The molecule has 1 heteroatoms. The number of hydrogen-bond acceptors (Lipinski definition) is 0. The summed E-state index contributed by atoms with van der Waals surface area (Å²) in [4.78, 5) is 0. The molecular weight excluding hydrogens is 176 g/mol. The van der Waals surface area contributed by atoms with Crippen LogP contribution in [0.1, 0.15) is 26.2 Å². The first-order valence-electron chi connectivity index (χ1n) is 3.53. The zero-order chi connectivity index (χ0) is 7.11. The molecule has 0 aromatic heterocycles. The first-order valence-corrected chi connectivity index (χ1v) is 4.65. The van der Waals surface area contributed by atoms with Gasteiger partial charge in [0.15, 0.2) is 0 Å². The predicted molar refractivity (Wildman–Crippen MR) is 47.0 cm³/mol. The number of unbranched alkanes of at least 4 members (excludes halogenated alkanes) is 1. The summed E-state index contributed by atoms with van der Waals surface area (Å²) in [6, 6.07) is 0. The van der Waals surface area contributed by atoms with Crippen molar-refractivity contribution in [3.63, 3.8) is 0 Å². The average Bonchev–Trinajstić information content (AvgIpc) is 1.91. The van der Waals surface area contributed by atoms with Gasteiger partial charge in [-0.3, -0.25) is 0 Å². The summed E-state index contributed by atoms with van der Waals surface area (Å²) in [5.41, 5.74) is 0. The van der Waals surface area contributed by atoms with E-state index in [4.69, 9.17) is 0 Å². The molecule has 0 aliphatic carbocycles. The summed E-state index contributed by atoms with van der Waals surface area (Å²) in [7, 11) is 0. The second kappa shape index (κ2) is 6.34. The Kier molecular flexibility index (Phi) is 6.50. The molecule has 1 atom stereocenters. The maximum atomic E-state index is 3.75. The highest BCUT2D eigenvalue weighted by Gasteiger charge is 1.98. The van der Waals surface area contributed by atoms with Crippen molar-refractivity contribution in [3.05, 3.63) is 12.7 Å². The monoisotopic (exact) mass is 190 g/mol. The van der Waals surface area contributed by atoms with Crippen LogP contribution < -0.4 is 0 Å². The molecule has 0 heterocycles. The Bertz CT molecular complexity index is 69.0. The number of halogens is 1. The van der Waals surface area contributed by atoms with Crippen LogP contribution in [0, 0.1) is 5.92 Å². The third-order valence-electron chi connectivity index (χ3n) is 1.46. The molecule has 0 saturated carbocycles. The average molecular weight is 191 g/mol. The van der Waals surface area contributed by atoms with Crippen LogP contribution in [0.25, 0.3) is 0 Å². The molecule has 0 saturated heterocycles. The minimum Gasteiger partial charge on any atom is -0.103 e. The van der Waals surface area contributed by atoms with Gasteiger partial charge in [0, 0.05) is 5.33 Å². The van der Waals surface area contributed by atoms with Crippen LogP contribution in [0.5, 0.6) is 0 Å². The van der Waals surface area contributed by atoms with Crippen LogP contribution in [-0.4, -0.2) is 5.33 Å². The van der Waals surface area contributed by atoms with Crippen molar-refractivity contribution in [1.82, 2.24) is 0 Å². The largest absolute Gasteiger partial charge is 0.103 e. The smallest absolute Gasteiger partial charge is 0.00942 e. The van der Waals surface area contributed by atoms with Crippen molar-refractivity contribution in [3.8, 4) is 0 Å². The summed E-state index contributed by atoms with van der Waals surface area (Å²) in [5, 5.41) is 1.07. The van der Waals surface area contributed by atoms with Gasteiger partial charge in [0.25, 0.3) is 0 Å². The highest BCUT2D eigenvalue weighted by molar-refractivity contribution is 9.09. The molecule has 1 unspecified atom stereocenters. The molecular formula is C8H15Br. The van der Waals surface area contributed by atoms with Crippen LogP contribution in [0.2, 0.25) is 0 Å². The van der Waals surface area contributed by atoms with Crippen molar-refractivity contribution in [2.45, 2.75) is 26.2 Å².